The number of nitrogens with one attached hydrogen (secondary N) is 1. The van der Waals surface area contributed by atoms with Gasteiger partial charge >= 0.3 is 0 Å². The van der Waals surface area contributed by atoms with Gasteiger partial charge in [-0.15, -0.1) is 0 Å². The molecule has 23 heavy (non-hydrogen) atoms. The van der Waals surface area contributed by atoms with Crippen LogP contribution < -0.4 is 5.32 Å². The van der Waals surface area contributed by atoms with Gasteiger partial charge in [-0.2, -0.15) is 0 Å². The molecular weight excluding hydrogens is 284 g/mol. The Balaban J connectivity index is 1.86. The first-order valence-corrected chi connectivity index (χ1v) is 9.05. The summed E-state index contributed by atoms with van der Waals surface area (Å²) >= 11 is 0. The number of nitrogens with zero attached hydrogens (tertiary/aromatic N) is 1. The zero-order chi connectivity index (χ0) is 16.2. The third-order valence-corrected chi connectivity index (χ3v) is 5.20. The number of fused-ring (bicyclic) bond motifs is 3. The van der Waals surface area contributed by atoms with E-state index in [4.69, 9.17) is 0 Å². The molecule has 124 valence electrons. The maximum absolute atomic E-state index is 12.0. The number of carbonyl (C=O) groups excluding carboxylic acids is 1. The van der Waals surface area contributed by atoms with Gasteiger partial charge in [0, 0.05) is 42.5 Å². The predicted molar refractivity (Wildman–Crippen MR) is 95.7 cm³/mol. The van der Waals surface area contributed by atoms with E-state index in [1.807, 2.05) is 0 Å². The second kappa shape index (κ2) is 7.20. The third-order valence-electron chi connectivity index (χ3n) is 5.20. The van der Waals surface area contributed by atoms with Crippen LogP contribution in [0.4, 0.5) is 0 Å². The van der Waals surface area contributed by atoms with E-state index in [0.29, 0.717) is 12.3 Å². The highest BCUT2D eigenvalue weighted by atomic mass is 16.1. The van der Waals surface area contributed by atoms with Crippen molar-refractivity contribution in [3.05, 3.63) is 35.5 Å². The van der Waals surface area contributed by atoms with Crippen LogP contribution in [0.5, 0.6) is 0 Å². The number of benzene rings is 1. The number of unbranched alkanes of at least 4 members (excludes halogenated alkanes) is 1. The van der Waals surface area contributed by atoms with Crippen LogP contribution in [0.3, 0.4) is 0 Å². The predicted octanol–water partition coefficient (Wildman–Crippen LogP) is 4.29. The van der Waals surface area contributed by atoms with Crippen LogP contribution in [0, 0.1) is 0 Å². The van der Waals surface area contributed by atoms with Crippen molar-refractivity contribution >= 4 is 16.8 Å². The van der Waals surface area contributed by atoms with E-state index in [9.17, 15) is 4.79 Å². The first-order valence-electron chi connectivity index (χ1n) is 9.05. The molecule has 1 heterocycles. The number of rotatable bonds is 5. The molecule has 0 saturated heterocycles. The topological polar surface area (TPSA) is 34.0 Å². The molecule has 3 nitrogen and oxygen atoms in total. The minimum absolute atomic E-state index is 0.206. The number of amides is 1. The maximum Gasteiger partial charge on any atom is 0.220 e. The lowest BCUT2D eigenvalue weighted by molar-refractivity contribution is -0.121. The van der Waals surface area contributed by atoms with Crippen molar-refractivity contribution in [3.8, 4) is 0 Å². The molecule has 1 N–H and O–H groups in total. The van der Waals surface area contributed by atoms with Crippen LogP contribution in [-0.2, 0) is 18.3 Å². The molecule has 0 fully saturated rings. The largest absolute Gasteiger partial charge is 0.355 e. The van der Waals surface area contributed by atoms with Crippen LogP contribution in [0.2, 0.25) is 0 Å². The Labute approximate surface area is 139 Å². The van der Waals surface area contributed by atoms with Gasteiger partial charge in [0.2, 0.25) is 5.91 Å². The summed E-state index contributed by atoms with van der Waals surface area (Å²) in [5.41, 5.74) is 4.27. The van der Waals surface area contributed by atoms with E-state index in [1.54, 1.807) is 0 Å². The molecular formula is C20H28N2O. The number of para-hydroxylation sites is 1. The zero-order valence-electron chi connectivity index (χ0n) is 14.4. The van der Waals surface area contributed by atoms with Crippen molar-refractivity contribution in [1.82, 2.24) is 9.88 Å². The Hall–Kier alpha value is -1.77. The van der Waals surface area contributed by atoms with E-state index >= 15 is 0 Å². The summed E-state index contributed by atoms with van der Waals surface area (Å²) in [5, 5.41) is 4.56. The molecule has 1 atom stereocenters. The normalized spacial score (nSPS) is 17.7. The molecule has 1 aromatic carbocycles. The van der Waals surface area contributed by atoms with Crippen molar-refractivity contribution < 1.29 is 4.79 Å². The quantitative estimate of drug-likeness (QED) is 0.821. The summed E-state index contributed by atoms with van der Waals surface area (Å²) in [6.07, 6.45) is 7.54. The molecule has 0 spiro atoms. The van der Waals surface area contributed by atoms with Crippen molar-refractivity contribution in [2.24, 2.45) is 7.05 Å². The van der Waals surface area contributed by atoms with Crippen LogP contribution in [-0.4, -0.2) is 17.0 Å². The van der Waals surface area contributed by atoms with E-state index in [0.717, 1.165) is 25.8 Å². The van der Waals surface area contributed by atoms with Gasteiger partial charge in [0.15, 0.2) is 0 Å². The Morgan fingerprint density at radius 1 is 1.30 bits per heavy atom. The molecule has 1 aliphatic rings. The van der Waals surface area contributed by atoms with Crippen molar-refractivity contribution in [2.45, 2.75) is 57.8 Å². The molecule has 1 unspecified atom stereocenters. The molecule has 0 saturated carbocycles. The van der Waals surface area contributed by atoms with E-state index in [2.05, 4.69) is 48.1 Å². The van der Waals surface area contributed by atoms with Crippen molar-refractivity contribution in [2.75, 3.05) is 6.54 Å². The van der Waals surface area contributed by atoms with E-state index in [1.165, 1.54) is 41.4 Å². The van der Waals surface area contributed by atoms with Gasteiger partial charge < -0.3 is 9.88 Å². The first kappa shape index (κ1) is 16.1. The lowest BCUT2D eigenvalue weighted by Crippen LogP contribution is -2.28. The molecule has 1 amide bonds. The van der Waals surface area contributed by atoms with Crippen LogP contribution in [0.25, 0.3) is 10.9 Å². The molecule has 3 heteroatoms. The molecule has 0 bridgehead atoms. The summed E-state index contributed by atoms with van der Waals surface area (Å²) < 4.78 is 2.36. The molecule has 3 rings (SSSR count). The zero-order valence-corrected chi connectivity index (χ0v) is 14.4. The first-order chi connectivity index (χ1) is 11.2. The number of aryl methyl sites for hydroxylation is 1. The third kappa shape index (κ3) is 3.29. The number of carbonyl (C=O) groups is 1. The lowest BCUT2D eigenvalue weighted by atomic mass is 9.93. The Morgan fingerprint density at radius 2 is 2.13 bits per heavy atom. The van der Waals surface area contributed by atoms with Crippen LogP contribution in [0.15, 0.2) is 24.3 Å². The minimum atomic E-state index is 0.206. The van der Waals surface area contributed by atoms with E-state index in [-0.39, 0.29) is 5.91 Å². The van der Waals surface area contributed by atoms with Crippen molar-refractivity contribution in [1.29, 1.82) is 0 Å². The maximum atomic E-state index is 12.0. The fraction of sp³-hybridized carbons (Fsp3) is 0.550. The van der Waals surface area contributed by atoms with Gasteiger partial charge in [0.1, 0.15) is 0 Å². The molecule has 2 aromatic rings. The molecule has 0 aliphatic heterocycles. The lowest BCUT2D eigenvalue weighted by Gasteiger charge is -2.17. The monoisotopic (exact) mass is 312 g/mol. The van der Waals surface area contributed by atoms with Gasteiger partial charge in [0.25, 0.3) is 0 Å². The van der Waals surface area contributed by atoms with Crippen molar-refractivity contribution in [3.63, 3.8) is 0 Å². The van der Waals surface area contributed by atoms with Crippen LogP contribution in [0.1, 0.15) is 62.6 Å². The molecule has 1 aromatic heterocycles. The second-order valence-corrected chi connectivity index (χ2v) is 6.79. The smallest absolute Gasteiger partial charge is 0.220 e. The van der Waals surface area contributed by atoms with Gasteiger partial charge in [-0.05, 0) is 37.3 Å². The highest BCUT2D eigenvalue weighted by Crippen LogP contribution is 2.37. The summed E-state index contributed by atoms with van der Waals surface area (Å²) in [5.74, 6) is 0.655. The fourth-order valence-electron chi connectivity index (χ4n) is 3.93. The Morgan fingerprint density at radius 3 is 2.96 bits per heavy atom. The second-order valence-electron chi connectivity index (χ2n) is 6.79. The summed E-state index contributed by atoms with van der Waals surface area (Å²) in [6.45, 7) is 2.91. The number of hydrogen-bond donors (Lipinski definition) is 1. The van der Waals surface area contributed by atoms with E-state index < -0.39 is 0 Å². The fourth-order valence-corrected chi connectivity index (χ4v) is 3.93. The van der Waals surface area contributed by atoms with Gasteiger partial charge in [0.05, 0.1) is 0 Å². The van der Waals surface area contributed by atoms with Gasteiger partial charge in [-0.3, -0.25) is 4.79 Å². The highest BCUT2D eigenvalue weighted by Gasteiger charge is 2.25. The standard InChI is InChI=1S/C20H28N2O/c1-3-4-13-19(23)21-14-15-9-5-7-12-18-20(15)16-10-6-8-11-17(16)22(18)2/h6,8,10-11,15H,3-5,7,9,12-14H2,1-2H3,(H,21,23). The minimum Gasteiger partial charge on any atom is -0.355 e. The molecule has 1 aliphatic carbocycles. The van der Waals surface area contributed by atoms with Gasteiger partial charge in [-0.25, -0.2) is 0 Å². The Kier molecular flexibility index (Phi) is 5.04. The Bertz CT molecular complexity index is 686. The number of hydrogen-bond acceptors (Lipinski definition) is 1. The summed E-state index contributed by atoms with van der Waals surface area (Å²) in [6, 6.07) is 8.69. The average molecular weight is 312 g/mol. The molecule has 0 radical (unpaired) electrons. The SMILES string of the molecule is CCCCC(=O)NCC1CCCCc2c1c1ccccc1n2C. The van der Waals surface area contributed by atoms with Crippen LogP contribution >= 0.6 is 0 Å². The van der Waals surface area contributed by atoms with Gasteiger partial charge in [-0.1, -0.05) is 38.0 Å². The highest BCUT2D eigenvalue weighted by molar-refractivity contribution is 5.86. The average Bonchev–Trinajstić information content (AvgIpc) is 2.73. The summed E-state index contributed by atoms with van der Waals surface area (Å²) in [7, 11) is 2.18. The number of aromatic nitrogens is 1. The summed E-state index contributed by atoms with van der Waals surface area (Å²) in [4.78, 5) is 12.0.